The number of hydrogen-bond acceptors (Lipinski definition) is 4. The molecule has 1 rings (SSSR count). The number of benzene rings is 1. The first kappa shape index (κ1) is 11.3. The molecule has 0 radical (unpaired) electrons. The van der Waals surface area contributed by atoms with Gasteiger partial charge in [-0.1, -0.05) is 6.07 Å². The molecule has 0 saturated heterocycles. The Bertz CT molecular complexity index is 382. The minimum absolute atomic E-state index is 0.422. The fourth-order valence-corrected chi connectivity index (χ4v) is 1.39. The number of hydrogen-bond donors (Lipinski definition) is 0. The standard InChI is InChI=1S/C11H13NO3/c1-13-7-9-5-4-8(6-12)10(14-2)11(9)15-3/h4-5H,7H2,1-3H3. The molecule has 0 atom stereocenters. The van der Waals surface area contributed by atoms with E-state index in [0.717, 1.165) is 5.56 Å². The molecule has 4 heteroatoms. The first-order valence-corrected chi connectivity index (χ1v) is 4.41. The summed E-state index contributed by atoms with van der Waals surface area (Å²) in [5, 5.41) is 8.87. The second-order valence-electron chi connectivity index (χ2n) is 2.88. The maximum absolute atomic E-state index is 8.87. The second kappa shape index (κ2) is 5.23. The molecule has 0 bridgehead atoms. The topological polar surface area (TPSA) is 51.5 Å². The molecule has 0 amide bonds. The number of rotatable bonds is 4. The molecule has 4 nitrogen and oxygen atoms in total. The van der Waals surface area contributed by atoms with E-state index < -0.39 is 0 Å². The second-order valence-corrected chi connectivity index (χ2v) is 2.88. The summed E-state index contributed by atoms with van der Waals surface area (Å²) < 4.78 is 15.4. The van der Waals surface area contributed by atoms with Crippen molar-refractivity contribution in [3.8, 4) is 17.6 Å². The number of ether oxygens (including phenoxy) is 3. The summed E-state index contributed by atoms with van der Waals surface area (Å²) >= 11 is 0. The van der Waals surface area contributed by atoms with E-state index in [4.69, 9.17) is 19.5 Å². The summed E-state index contributed by atoms with van der Waals surface area (Å²) in [7, 11) is 4.65. The molecule has 0 aliphatic carbocycles. The largest absolute Gasteiger partial charge is 0.492 e. The molecule has 0 aliphatic rings. The first-order chi connectivity index (χ1) is 7.28. The molecule has 0 aromatic heterocycles. The van der Waals surface area contributed by atoms with Gasteiger partial charge in [0.05, 0.1) is 26.4 Å². The van der Waals surface area contributed by atoms with Gasteiger partial charge in [-0.3, -0.25) is 0 Å². The van der Waals surface area contributed by atoms with Crippen LogP contribution in [0, 0.1) is 11.3 Å². The summed E-state index contributed by atoms with van der Waals surface area (Å²) in [6.07, 6.45) is 0. The van der Waals surface area contributed by atoms with Crippen molar-refractivity contribution >= 4 is 0 Å². The molecule has 0 saturated carbocycles. The summed E-state index contributed by atoms with van der Waals surface area (Å²) in [5.41, 5.74) is 1.31. The van der Waals surface area contributed by atoms with E-state index in [1.807, 2.05) is 6.07 Å². The van der Waals surface area contributed by atoms with Gasteiger partial charge in [-0.05, 0) is 6.07 Å². The summed E-state index contributed by atoms with van der Waals surface area (Å²) in [6.45, 7) is 0.422. The minimum Gasteiger partial charge on any atom is -0.492 e. The third-order valence-electron chi connectivity index (χ3n) is 2.02. The van der Waals surface area contributed by atoms with Crippen LogP contribution >= 0.6 is 0 Å². The zero-order chi connectivity index (χ0) is 11.3. The number of methoxy groups -OCH3 is 3. The van der Waals surface area contributed by atoms with Gasteiger partial charge in [0.25, 0.3) is 0 Å². The van der Waals surface area contributed by atoms with Crippen molar-refractivity contribution in [1.29, 1.82) is 5.26 Å². The van der Waals surface area contributed by atoms with Crippen molar-refractivity contribution in [3.05, 3.63) is 23.3 Å². The fourth-order valence-electron chi connectivity index (χ4n) is 1.39. The Hall–Kier alpha value is -1.73. The van der Waals surface area contributed by atoms with Crippen molar-refractivity contribution in [2.45, 2.75) is 6.61 Å². The Kier molecular flexibility index (Phi) is 3.95. The highest BCUT2D eigenvalue weighted by atomic mass is 16.5. The summed E-state index contributed by atoms with van der Waals surface area (Å²) in [4.78, 5) is 0. The summed E-state index contributed by atoms with van der Waals surface area (Å²) in [6, 6.07) is 5.53. The maximum Gasteiger partial charge on any atom is 0.178 e. The van der Waals surface area contributed by atoms with Gasteiger partial charge in [-0.25, -0.2) is 0 Å². The van der Waals surface area contributed by atoms with Crippen LogP contribution in [0.4, 0.5) is 0 Å². The average Bonchev–Trinajstić information content (AvgIpc) is 2.28. The minimum atomic E-state index is 0.422. The van der Waals surface area contributed by atoms with Crippen LogP contribution in [-0.2, 0) is 11.3 Å². The predicted octanol–water partition coefficient (Wildman–Crippen LogP) is 1.72. The van der Waals surface area contributed by atoms with E-state index in [1.165, 1.54) is 14.2 Å². The van der Waals surface area contributed by atoms with E-state index >= 15 is 0 Å². The fraction of sp³-hybridized carbons (Fsp3) is 0.364. The van der Waals surface area contributed by atoms with Gasteiger partial charge in [-0.15, -0.1) is 0 Å². The molecule has 1 aromatic rings. The molecular weight excluding hydrogens is 194 g/mol. The van der Waals surface area contributed by atoms with Gasteiger partial charge in [-0.2, -0.15) is 5.26 Å². The molecule has 0 heterocycles. The Morgan fingerprint density at radius 2 is 1.80 bits per heavy atom. The Morgan fingerprint density at radius 3 is 2.27 bits per heavy atom. The third kappa shape index (κ3) is 2.20. The van der Waals surface area contributed by atoms with Gasteiger partial charge in [0, 0.05) is 12.7 Å². The van der Waals surface area contributed by atoms with E-state index in [1.54, 1.807) is 19.2 Å². The zero-order valence-electron chi connectivity index (χ0n) is 9.03. The first-order valence-electron chi connectivity index (χ1n) is 4.41. The van der Waals surface area contributed by atoms with Crippen LogP contribution in [0.1, 0.15) is 11.1 Å². The van der Waals surface area contributed by atoms with E-state index in [9.17, 15) is 0 Å². The lowest BCUT2D eigenvalue weighted by Crippen LogP contribution is -1.99. The smallest absolute Gasteiger partial charge is 0.178 e. The lowest BCUT2D eigenvalue weighted by atomic mass is 10.1. The lowest BCUT2D eigenvalue weighted by molar-refractivity contribution is 0.181. The Balaban J connectivity index is 3.29. The van der Waals surface area contributed by atoms with E-state index in [2.05, 4.69) is 0 Å². The lowest BCUT2D eigenvalue weighted by Gasteiger charge is -2.13. The highest BCUT2D eigenvalue weighted by Crippen LogP contribution is 2.34. The van der Waals surface area contributed by atoms with Gasteiger partial charge in [0.15, 0.2) is 11.5 Å². The summed E-state index contributed by atoms with van der Waals surface area (Å²) in [5.74, 6) is 1.01. The maximum atomic E-state index is 8.87. The molecular formula is C11H13NO3. The molecule has 15 heavy (non-hydrogen) atoms. The van der Waals surface area contributed by atoms with Crippen molar-refractivity contribution < 1.29 is 14.2 Å². The van der Waals surface area contributed by atoms with Gasteiger partial charge >= 0.3 is 0 Å². The zero-order valence-corrected chi connectivity index (χ0v) is 9.03. The molecule has 1 aromatic carbocycles. The van der Waals surface area contributed by atoms with Gasteiger partial charge in [0.1, 0.15) is 6.07 Å². The molecule has 0 aliphatic heterocycles. The SMILES string of the molecule is COCc1ccc(C#N)c(OC)c1OC. The van der Waals surface area contributed by atoms with Crippen LogP contribution < -0.4 is 9.47 Å². The Labute approximate surface area is 89.0 Å². The van der Waals surface area contributed by atoms with Crippen molar-refractivity contribution in [2.24, 2.45) is 0 Å². The van der Waals surface area contributed by atoms with Gasteiger partial charge < -0.3 is 14.2 Å². The third-order valence-corrected chi connectivity index (χ3v) is 2.02. The molecule has 0 spiro atoms. The number of nitriles is 1. The van der Waals surface area contributed by atoms with Crippen LogP contribution in [0.5, 0.6) is 11.5 Å². The predicted molar refractivity (Wildman–Crippen MR) is 55.0 cm³/mol. The molecule has 0 unspecified atom stereocenters. The van der Waals surface area contributed by atoms with Gasteiger partial charge in [0.2, 0.25) is 0 Å². The molecule has 0 N–H and O–H groups in total. The van der Waals surface area contributed by atoms with Crippen LogP contribution in [0.25, 0.3) is 0 Å². The molecule has 0 fully saturated rings. The highest BCUT2D eigenvalue weighted by molar-refractivity contribution is 5.56. The molecule has 80 valence electrons. The monoisotopic (exact) mass is 207 g/mol. The van der Waals surface area contributed by atoms with Crippen LogP contribution in [0.15, 0.2) is 12.1 Å². The van der Waals surface area contributed by atoms with Crippen LogP contribution in [0.2, 0.25) is 0 Å². The van der Waals surface area contributed by atoms with Crippen molar-refractivity contribution in [2.75, 3.05) is 21.3 Å². The Morgan fingerprint density at radius 1 is 1.13 bits per heavy atom. The van der Waals surface area contributed by atoms with Crippen LogP contribution in [0.3, 0.4) is 0 Å². The number of nitrogens with zero attached hydrogens (tertiary/aromatic N) is 1. The quantitative estimate of drug-likeness (QED) is 0.754. The van der Waals surface area contributed by atoms with Crippen molar-refractivity contribution in [1.82, 2.24) is 0 Å². The van der Waals surface area contributed by atoms with E-state index in [-0.39, 0.29) is 0 Å². The van der Waals surface area contributed by atoms with Crippen molar-refractivity contribution in [3.63, 3.8) is 0 Å². The van der Waals surface area contributed by atoms with E-state index in [0.29, 0.717) is 23.7 Å². The normalized spacial score (nSPS) is 9.47. The highest BCUT2D eigenvalue weighted by Gasteiger charge is 2.14. The van der Waals surface area contributed by atoms with Crippen LogP contribution in [-0.4, -0.2) is 21.3 Å². The average molecular weight is 207 g/mol.